The van der Waals surface area contributed by atoms with Crippen LogP contribution in [0.5, 0.6) is 0 Å². The van der Waals surface area contributed by atoms with Crippen LogP contribution in [0.15, 0.2) is 48.7 Å². The summed E-state index contributed by atoms with van der Waals surface area (Å²) in [7, 11) is 0.572. The summed E-state index contributed by atoms with van der Waals surface area (Å²) in [6.45, 7) is -0.185. The van der Waals surface area contributed by atoms with Crippen LogP contribution in [0.2, 0.25) is 0 Å². The molecule has 1 aromatic carbocycles. The maximum Gasteiger partial charge on any atom is 0.287 e. The summed E-state index contributed by atoms with van der Waals surface area (Å²) < 4.78 is 12.3. The van der Waals surface area contributed by atoms with Gasteiger partial charge >= 0.3 is 0 Å². The molecule has 1 aromatic heterocycles. The van der Waals surface area contributed by atoms with E-state index in [2.05, 4.69) is 4.98 Å². The van der Waals surface area contributed by atoms with Gasteiger partial charge in [0.1, 0.15) is 12.0 Å². The summed E-state index contributed by atoms with van der Waals surface area (Å²) in [6.07, 6.45) is 1.17. The number of hydrogen-bond donors (Lipinski definition) is 1. The Morgan fingerprint density at radius 1 is 1.29 bits per heavy atom. The number of pyridine rings is 1. The lowest BCUT2D eigenvalue weighted by Crippen LogP contribution is -2.39. The molecule has 0 spiro atoms. The van der Waals surface area contributed by atoms with Crippen molar-refractivity contribution in [2.45, 2.75) is 11.8 Å². The number of rotatable bonds is 8. The first-order valence-corrected chi connectivity index (χ1v) is 8.83. The van der Waals surface area contributed by atoms with E-state index in [0.29, 0.717) is 11.6 Å². The first-order valence-electron chi connectivity index (χ1n) is 7.34. The molecule has 0 unspecified atom stereocenters. The molecule has 0 saturated heterocycles. The normalized spacial score (nSPS) is 13.2. The van der Waals surface area contributed by atoms with Crippen LogP contribution in [0.1, 0.15) is 5.56 Å². The molecule has 0 amide bonds. The number of anilines is 1. The summed E-state index contributed by atoms with van der Waals surface area (Å²) in [5, 5.41) is 20.3. The van der Waals surface area contributed by atoms with Crippen molar-refractivity contribution < 1.29 is 14.2 Å². The van der Waals surface area contributed by atoms with Gasteiger partial charge in [-0.3, -0.25) is 14.3 Å². The zero-order chi connectivity index (χ0) is 17.5. The highest BCUT2D eigenvalue weighted by Gasteiger charge is 2.19. The van der Waals surface area contributed by atoms with Crippen molar-refractivity contribution in [3.8, 4) is 0 Å². The highest BCUT2D eigenvalue weighted by molar-refractivity contribution is 7.84. The first kappa shape index (κ1) is 18.0. The molecular formula is C16H19N3O4S. The van der Waals surface area contributed by atoms with E-state index in [9.17, 15) is 19.4 Å². The van der Waals surface area contributed by atoms with Gasteiger partial charge in [-0.2, -0.15) is 0 Å². The molecule has 0 fully saturated rings. The number of nitro groups is 1. The second kappa shape index (κ2) is 8.51. The average molecular weight is 349 g/mol. The Morgan fingerprint density at radius 3 is 2.54 bits per heavy atom. The summed E-state index contributed by atoms with van der Waals surface area (Å²) >= 11 is 0. The predicted octanol–water partition coefficient (Wildman–Crippen LogP) is 1.74. The van der Waals surface area contributed by atoms with Crippen LogP contribution in [0.3, 0.4) is 0 Å². The van der Waals surface area contributed by atoms with Crippen molar-refractivity contribution in [3.63, 3.8) is 0 Å². The fourth-order valence-corrected chi connectivity index (χ4v) is 3.64. The van der Waals surface area contributed by atoms with Crippen LogP contribution in [0, 0.1) is 10.1 Å². The minimum absolute atomic E-state index is 0.0969. The van der Waals surface area contributed by atoms with E-state index in [-0.39, 0.29) is 24.1 Å². The fraction of sp³-hybridized carbons (Fsp3) is 0.312. The van der Waals surface area contributed by atoms with E-state index in [1.165, 1.54) is 18.3 Å². The SMILES string of the molecule is CN(c1ccc([N+](=O)[O-])cn1)[C@H](CO)C[S@@](=O)Cc1ccccc1. The van der Waals surface area contributed by atoms with Gasteiger partial charge in [-0.05, 0) is 11.6 Å². The monoisotopic (exact) mass is 349 g/mol. The largest absolute Gasteiger partial charge is 0.394 e. The van der Waals surface area contributed by atoms with Gasteiger partial charge in [0.15, 0.2) is 0 Å². The van der Waals surface area contributed by atoms with Gasteiger partial charge in [0.05, 0.1) is 17.6 Å². The Hall–Kier alpha value is -2.32. The molecule has 0 bridgehead atoms. The third kappa shape index (κ3) is 4.84. The van der Waals surface area contributed by atoms with Crippen LogP contribution in [0.25, 0.3) is 0 Å². The van der Waals surface area contributed by atoms with E-state index in [1.807, 2.05) is 30.3 Å². The Morgan fingerprint density at radius 2 is 2.00 bits per heavy atom. The van der Waals surface area contributed by atoms with Crippen LogP contribution < -0.4 is 4.90 Å². The molecule has 0 aliphatic rings. The van der Waals surface area contributed by atoms with Crippen molar-refractivity contribution in [1.29, 1.82) is 0 Å². The molecule has 1 N–H and O–H groups in total. The zero-order valence-corrected chi connectivity index (χ0v) is 14.1. The Labute approximate surface area is 142 Å². The van der Waals surface area contributed by atoms with Crippen LogP contribution in [0.4, 0.5) is 11.5 Å². The lowest BCUT2D eigenvalue weighted by atomic mass is 10.2. The van der Waals surface area contributed by atoms with Crippen molar-refractivity contribution >= 4 is 22.3 Å². The topological polar surface area (TPSA) is 96.6 Å². The molecule has 0 aliphatic carbocycles. The van der Waals surface area contributed by atoms with E-state index in [4.69, 9.17) is 0 Å². The minimum atomic E-state index is -1.14. The van der Waals surface area contributed by atoms with Crippen molar-refractivity contribution in [2.75, 3.05) is 24.3 Å². The number of aliphatic hydroxyl groups excluding tert-OH is 1. The van der Waals surface area contributed by atoms with E-state index in [1.54, 1.807) is 11.9 Å². The van der Waals surface area contributed by atoms with Gasteiger partial charge in [-0.25, -0.2) is 4.98 Å². The molecular weight excluding hydrogens is 330 g/mol. The molecule has 24 heavy (non-hydrogen) atoms. The fourth-order valence-electron chi connectivity index (χ4n) is 2.20. The second-order valence-corrected chi connectivity index (χ2v) is 6.82. The van der Waals surface area contributed by atoms with E-state index >= 15 is 0 Å². The number of nitrogens with zero attached hydrogens (tertiary/aromatic N) is 3. The average Bonchev–Trinajstić information content (AvgIpc) is 2.60. The predicted molar refractivity (Wildman–Crippen MR) is 93.3 cm³/mol. The zero-order valence-electron chi connectivity index (χ0n) is 13.2. The van der Waals surface area contributed by atoms with Gasteiger partial charge < -0.3 is 10.0 Å². The smallest absolute Gasteiger partial charge is 0.287 e. The summed E-state index contributed by atoms with van der Waals surface area (Å²) in [6, 6.07) is 12.0. The van der Waals surface area contributed by atoms with Crippen LogP contribution >= 0.6 is 0 Å². The Bertz CT molecular complexity index is 694. The standard InChI is InChI=1S/C16H19N3O4S/c1-18(16-8-7-14(9-17-16)19(21)22)15(10-20)12-24(23)11-13-5-3-2-4-6-13/h2-9,15,20H,10-12H2,1H3/t15-,24+/m1/s1. The number of likely N-dealkylation sites (N-methyl/N-ethyl adjacent to an activating group) is 1. The molecule has 128 valence electrons. The molecule has 7 nitrogen and oxygen atoms in total. The highest BCUT2D eigenvalue weighted by atomic mass is 32.2. The lowest BCUT2D eigenvalue weighted by Gasteiger charge is -2.27. The number of hydrogen-bond acceptors (Lipinski definition) is 6. The van der Waals surface area contributed by atoms with E-state index < -0.39 is 15.7 Å². The molecule has 0 radical (unpaired) electrons. The van der Waals surface area contributed by atoms with Crippen LogP contribution in [-0.2, 0) is 16.6 Å². The second-order valence-electron chi connectivity index (χ2n) is 5.32. The number of benzene rings is 1. The molecule has 1 heterocycles. The number of aromatic nitrogens is 1. The van der Waals surface area contributed by atoms with Crippen molar-refractivity contribution in [1.82, 2.24) is 4.98 Å². The highest BCUT2D eigenvalue weighted by Crippen LogP contribution is 2.17. The first-order chi connectivity index (χ1) is 11.5. The van der Waals surface area contributed by atoms with Crippen molar-refractivity contribution in [2.24, 2.45) is 0 Å². The Kier molecular flexibility index (Phi) is 6.39. The van der Waals surface area contributed by atoms with Gasteiger partial charge in [0, 0.05) is 35.4 Å². The van der Waals surface area contributed by atoms with E-state index in [0.717, 1.165) is 5.56 Å². The summed E-state index contributed by atoms with van der Waals surface area (Å²) in [5.74, 6) is 1.18. The number of aliphatic hydroxyl groups is 1. The van der Waals surface area contributed by atoms with Gasteiger partial charge in [0.2, 0.25) is 0 Å². The Balaban J connectivity index is 2.01. The maximum absolute atomic E-state index is 12.3. The molecule has 0 aliphatic heterocycles. The third-order valence-electron chi connectivity index (χ3n) is 3.61. The molecule has 0 saturated carbocycles. The molecule has 2 atom stereocenters. The van der Waals surface area contributed by atoms with Crippen LogP contribution in [-0.4, -0.2) is 44.7 Å². The minimum Gasteiger partial charge on any atom is -0.394 e. The molecule has 2 rings (SSSR count). The third-order valence-corrected chi connectivity index (χ3v) is 5.02. The summed E-state index contributed by atoms with van der Waals surface area (Å²) in [4.78, 5) is 15.9. The quantitative estimate of drug-likeness (QED) is 0.576. The maximum atomic E-state index is 12.3. The molecule has 8 heteroatoms. The van der Waals surface area contributed by atoms with Gasteiger partial charge in [-0.1, -0.05) is 30.3 Å². The lowest BCUT2D eigenvalue weighted by molar-refractivity contribution is -0.385. The van der Waals surface area contributed by atoms with Gasteiger partial charge in [0.25, 0.3) is 5.69 Å². The van der Waals surface area contributed by atoms with Crippen molar-refractivity contribution in [3.05, 3.63) is 64.3 Å². The molecule has 2 aromatic rings. The summed E-state index contributed by atoms with van der Waals surface area (Å²) in [5.41, 5.74) is 0.879. The van der Waals surface area contributed by atoms with Gasteiger partial charge in [-0.15, -0.1) is 0 Å².